The van der Waals surface area contributed by atoms with E-state index in [0.717, 1.165) is 36.6 Å². The molecule has 3 rings (SSSR count). The molecule has 1 N–H and O–H groups in total. The van der Waals surface area contributed by atoms with E-state index >= 15 is 0 Å². The van der Waals surface area contributed by atoms with Gasteiger partial charge in [0.05, 0.1) is 11.6 Å². The third-order valence-corrected chi connectivity index (χ3v) is 5.04. The van der Waals surface area contributed by atoms with Crippen molar-refractivity contribution in [1.82, 2.24) is 14.8 Å². The van der Waals surface area contributed by atoms with Crippen molar-refractivity contribution in [2.45, 2.75) is 39.8 Å². The Kier molecular flexibility index (Phi) is 6.31. The Bertz CT molecular complexity index is 726. The molecule has 2 atom stereocenters. The minimum absolute atomic E-state index is 0. The van der Waals surface area contributed by atoms with E-state index in [-0.39, 0.29) is 24.4 Å². The Morgan fingerprint density at radius 2 is 1.92 bits per heavy atom. The maximum absolute atomic E-state index is 13.0. The second kappa shape index (κ2) is 8.07. The third kappa shape index (κ3) is 3.91. The number of halogens is 1. The molecule has 25 heavy (non-hydrogen) atoms. The molecule has 1 fully saturated rings. The van der Waals surface area contributed by atoms with Crippen molar-refractivity contribution in [2.24, 2.45) is 0 Å². The van der Waals surface area contributed by atoms with E-state index in [1.165, 1.54) is 5.56 Å². The molecule has 4 nitrogen and oxygen atoms in total. The average Bonchev–Trinajstić information content (AvgIpc) is 2.89. The van der Waals surface area contributed by atoms with Gasteiger partial charge in [0.1, 0.15) is 0 Å². The van der Waals surface area contributed by atoms with Crippen molar-refractivity contribution in [3.8, 4) is 0 Å². The standard InChI is InChI=1S/C20H27N3O.ClH/c1-14-13-22(11-10-21-14)20(24)19-12-15(2)23(17(19)4)16(3)18-8-6-5-7-9-18;/h5-9,12,14,16,21H,10-11,13H2,1-4H3;1H. The summed E-state index contributed by atoms with van der Waals surface area (Å²) in [4.78, 5) is 14.9. The first-order chi connectivity index (χ1) is 11.5. The number of aryl methyl sites for hydroxylation is 1. The summed E-state index contributed by atoms with van der Waals surface area (Å²) in [6, 6.07) is 13.1. The molecule has 1 amide bonds. The second-order valence-electron chi connectivity index (χ2n) is 6.85. The van der Waals surface area contributed by atoms with Crippen LogP contribution in [0.3, 0.4) is 0 Å². The summed E-state index contributed by atoms with van der Waals surface area (Å²) in [7, 11) is 0. The Labute approximate surface area is 156 Å². The Morgan fingerprint density at radius 3 is 2.56 bits per heavy atom. The van der Waals surface area contributed by atoms with Crippen LogP contribution in [-0.2, 0) is 0 Å². The van der Waals surface area contributed by atoms with Crippen LogP contribution in [0, 0.1) is 13.8 Å². The van der Waals surface area contributed by atoms with E-state index in [2.05, 4.69) is 61.8 Å². The maximum atomic E-state index is 13.0. The predicted octanol–water partition coefficient (Wildman–Crippen LogP) is 3.57. The summed E-state index contributed by atoms with van der Waals surface area (Å²) in [6.45, 7) is 10.9. The number of benzene rings is 1. The zero-order valence-electron chi connectivity index (χ0n) is 15.5. The molecule has 0 bridgehead atoms. The van der Waals surface area contributed by atoms with Gasteiger partial charge >= 0.3 is 0 Å². The molecule has 1 aromatic heterocycles. The van der Waals surface area contributed by atoms with Crippen molar-refractivity contribution in [3.63, 3.8) is 0 Å². The largest absolute Gasteiger partial charge is 0.341 e. The average molecular weight is 362 g/mol. The number of hydrogen-bond acceptors (Lipinski definition) is 2. The quantitative estimate of drug-likeness (QED) is 0.907. The van der Waals surface area contributed by atoms with Crippen LogP contribution in [0.2, 0.25) is 0 Å². The summed E-state index contributed by atoms with van der Waals surface area (Å²) in [5.41, 5.74) is 4.29. The lowest BCUT2D eigenvalue weighted by atomic mass is 10.1. The van der Waals surface area contributed by atoms with Crippen LogP contribution in [0.1, 0.15) is 47.2 Å². The third-order valence-electron chi connectivity index (χ3n) is 5.04. The highest BCUT2D eigenvalue weighted by Crippen LogP contribution is 2.26. The molecule has 1 aliphatic heterocycles. The summed E-state index contributed by atoms with van der Waals surface area (Å²) < 4.78 is 2.27. The number of piperazine rings is 1. The molecule has 136 valence electrons. The molecule has 2 heterocycles. The Morgan fingerprint density at radius 1 is 1.24 bits per heavy atom. The van der Waals surface area contributed by atoms with Gasteiger partial charge in [0.25, 0.3) is 5.91 Å². The first-order valence-electron chi connectivity index (χ1n) is 8.75. The van der Waals surface area contributed by atoms with Gasteiger partial charge in [-0.2, -0.15) is 0 Å². The van der Waals surface area contributed by atoms with E-state index in [4.69, 9.17) is 0 Å². The van der Waals surface area contributed by atoms with E-state index in [1.807, 2.05) is 17.0 Å². The topological polar surface area (TPSA) is 37.3 Å². The molecule has 1 aromatic carbocycles. The van der Waals surface area contributed by atoms with Gasteiger partial charge in [-0.05, 0) is 39.3 Å². The molecular weight excluding hydrogens is 334 g/mol. The van der Waals surface area contributed by atoms with Gasteiger partial charge in [0.2, 0.25) is 0 Å². The summed E-state index contributed by atoms with van der Waals surface area (Å²) >= 11 is 0. The molecule has 0 aliphatic carbocycles. The molecule has 0 spiro atoms. The molecule has 1 saturated heterocycles. The number of nitrogens with zero attached hydrogens (tertiary/aromatic N) is 2. The maximum Gasteiger partial charge on any atom is 0.255 e. The molecule has 2 unspecified atom stereocenters. The predicted molar refractivity (Wildman–Crippen MR) is 105 cm³/mol. The smallest absolute Gasteiger partial charge is 0.255 e. The minimum Gasteiger partial charge on any atom is -0.341 e. The summed E-state index contributed by atoms with van der Waals surface area (Å²) in [6.07, 6.45) is 0. The first kappa shape index (κ1) is 19.5. The second-order valence-corrected chi connectivity index (χ2v) is 6.85. The number of rotatable bonds is 3. The van der Waals surface area contributed by atoms with E-state index in [0.29, 0.717) is 6.04 Å². The van der Waals surface area contributed by atoms with Crippen LogP contribution in [0.4, 0.5) is 0 Å². The van der Waals surface area contributed by atoms with Crippen LogP contribution in [0.15, 0.2) is 36.4 Å². The lowest BCUT2D eigenvalue weighted by Gasteiger charge is -2.32. The van der Waals surface area contributed by atoms with Crippen molar-refractivity contribution in [2.75, 3.05) is 19.6 Å². The molecule has 0 saturated carbocycles. The summed E-state index contributed by atoms with van der Waals surface area (Å²) in [5.74, 6) is 0.156. The van der Waals surface area contributed by atoms with Gasteiger partial charge < -0.3 is 14.8 Å². The lowest BCUT2D eigenvalue weighted by Crippen LogP contribution is -2.51. The fraction of sp³-hybridized carbons (Fsp3) is 0.450. The van der Waals surface area contributed by atoms with Crippen LogP contribution in [-0.4, -0.2) is 41.1 Å². The number of carbonyl (C=O) groups excluding carboxylic acids is 1. The normalized spacial score (nSPS) is 18.6. The van der Waals surface area contributed by atoms with E-state index < -0.39 is 0 Å². The molecule has 0 radical (unpaired) electrons. The number of hydrogen-bond donors (Lipinski definition) is 1. The number of aromatic nitrogens is 1. The van der Waals surface area contributed by atoms with Crippen molar-refractivity contribution >= 4 is 18.3 Å². The van der Waals surface area contributed by atoms with Gasteiger partial charge in [0, 0.05) is 37.1 Å². The van der Waals surface area contributed by atoms with Gasteiger partial charge in [0.15, 0.2) is 0 Å². The first-order valence-corrected chi connectivity index (χ1v) is 8.75. The number of amides is 1. The monoisotopic (exact) mass is 361 g/mol. The molecule has 2 aromatic rings. The van der Waals surface area contributed by atoms with Crippen LogP contribution in [0.5, 0.6) is 0 Å². The van der Waals surface area contributed by atoms with E-state index in [9.17, 15) is 4.79 Å². The van der Waals surface area contributed by atoms with Gasteiger partial charge in [-0.15, -0.1) is 12.4 Å². The van der Waals surface area contributed by atoms with Crippen molar-refractivity contribution in [3.05, 3.63) is 58.9 Å². The fourth-order valence-corrected chi connectivity index (χ4v) is 3.76. The minimum atomic E-state index is 0. The van der Waals surface area contributed by atoms with Gasteiger partial charge in [-0.3, -0.25) is 4.79 Å². The van der Waals surface area contributed by atoms with Gasteiger partial charge in [-0.25, -0.2) is 0 Å². The Hall–Kier alpha value is -1.78. The number of nitrogens with one attached hydrogen (secondary N) is 1. The SMILES string of the molecule is Cc1cc(C(=O)N2CCNC(C)C2)c(C)n1C(C)c1ccccc1.Cl. The lowest BCUT2D eigenvalue weighted by molar-refractivity contribution is 0.0708. The van der Waals surface area contributed by atoms with Crippen LogP contribution < -0.4 is 5.32 Å². The highest BCUT2D eigenvalue weighted by molar-refractivity contribution is 5.95. The molecule has 1 aliphatic rings. The van der Waals surface area contributed by atoms with E-state index in [1.54, 1.807) is 0 Å². The van der Waals surface area contributed by atoms with Crippen molar-refractivity contribution in [1.29, 1.82) is 0 Å². The summed E-state index contributed by atoms with van der Waals surface area (Å²) in [5, 5.41) is 3.39. The highest BCUT2D eigenvalue weighted by atomic mass is 35.5. The van der Waals surface area contributed by atoms with Crippen molar-refractivity contribution < 1.29 is 4.79 Å². The zero-order valence-corrected chi connectivity index (χ0v) is 16.3. The van der Waals surface area contributed by atoms with Gasteiger partial charge in [-0.1, -0.05) is 30.3 Å². The van der Waals surface area contributed by atoms with Crippen LogP contribution in [0.25, 0.3) is 0 Å². The molecular formula is C20H28ClN3O. The molecule has 5 heteroatoms. The fourth-order valence-electron chi connectivity index (χ4n) is 3.76. The zero-order chi connectivity index (χ0) is 17.3. The Balaban J connectivity index is 0.00000225. The van der Waals surface area contributed by atoms with Crippen LogP contribution >= 0.6 is 12.4 Å². The highest BCUT2D eigenvalue weighted by Gasteiger charge is 2.26. The number of carbonyl (C=O) groups is 1.